The molecule has 0 radical (unpaired) electrons. The first kappa shape index (κ1) is 8.92. The van der Waals surface area contributed by atoms with Gasteiger partial charge in [0, 0.05) is 0 Å². The molecule has 78 valence electrons. The van der Waals surface area contributed by atoms with Crippen LogP contribution < -0.4 is 0 Å². The normalized spacial score (nSPS) is 33.4. The zero-order chi connectivity index (χ0) is 10.3. The minimum absolute atomic E-state index is 0.0763. The third kappa shape index (κ3) is 1.35. The predicted octanol–water partition coefficient (Wildman–Crippen LogP) is 1.56. The summed E-state index contributed by atoms with van der Waals surface area (Å²) in [6, 6.07) is 9.95. The molecule has 0 bridgehead atoms. The maximum absolute atomic E-state index is 9.87. The summed E-state index contributed by atoms with van der Waals surface area (Å²) in [5.74, 6) is 0.0763. The molecule has 3 heteroatoms. The maximum atomic E-state index is 9.87. The first-order chi connectivity index (χ1) is 7.36. The van der Waals surface area contributed by atoms with Crippen molar-refractivity contribution in [2.45, 2.75) is 25.0 Å². The van der Waals surface area contributed by atoms with Crippen molar-refractivity contribution in [2.24, 2.45) is 11.1 Å². The molecule has 0 unspecified atom stereocenters. The number of benzene rings is 1. The monoisotopic (exact) mass is 203 g/mol. The SMILES string of the molecule is O[C@H]1CC[C@@H]2ON=C(c3ccccc3)[C@@H]21. The molecule has 0 amide bonds. The smallest absolute Gasteiger partial charge is 0.138 e. The minimum atomic E-state index is -0.295. The number of oxime groups is 1. The molecule has 3 nitrogen and oxygen atoms in total. The van der Waals surface area contributed by atoms with Gasteiger partial charge in [0.15, 0.2) is 0 Å². The Bertz CT molecular complexity index is 388. The molecule has 0 aromatic heterocycles. The Morgan fingerprint density at radius 3 is 2.80 bits per heavy atom. The van der Waals surface area contributed by atoms with E-state index in [1.807, 2.05) is 30.3 Å². The highest BCUT2D eigenvalue weighted by Gasteiger charge is 2.44. The fourth-order valence-corrected chi connectivity index (χ4v) is 2.46. The molecule has 0 spiro atoms. The molecular weight excluding hydrogens is 190 g/mol. The van der Waals surface area contributed by atoms with E-state index in [1.165, 1.54) is 0 Å². The van der Waals surface area contributed by atoms with Crippen molar-refractivity contribution in [1.82, 2.24) is 0 Å². The second kappa shape index (κ2) is 3.35. The molecule has 3 atom stereocenters. The van der Waals surface area contributed by atoms with Crippen LogP contribution in [0.4, 0.5) is 0 Å². The third-order valence-corrected chi connectivity index (χ3v) is 3.23. The second-order valence-corrected chi connectivity index (χ2v) is 4.16. The molecule has 1 aromatic carbocycles. The number of hydrogen-bond donors (Lipinski definition) is 1. The van der Waals surface area contributed by atoms with Gasteiger partial charge in [0.2, 0.25) is 0 Å². The highest BCUT2D eigenvalue weighted by Crippen LogP contribution is 2.36. The van der Waals surface area contributed by atoms with Gasteiger partial charge in [0.1, 0.15) is 6.10 Å². The van der Waals surface area contributed by atoms with Gasteiger partial charge in [-0.15, -0.1) is 0 Å². The highest BCUT2D eigenvalue weighted by atomic mass is 16.6. The van der Waals surface area contributed by atoms with Gasteiger partial charge in [-0.25, -0.2) is 0 Å². The van der Waals surface area contributed by atoms with Crippen molar-refractivity contribution < 1.29 is 9.94 Å². The molecule has 3 rings (SSSR count). The highest BCUT2D eigenvalue weighted by molar-refractivity contribution is 6.03. The lowest BCUT2D eigenvalue weighted by atomic mass is 9.93. The van der Waals surface area contributed by atoms with Crippen LogP contribution >= 0.6 is 0 Å². The van der Waals surface area contributed by atoms with Gasteiger partial charge in [-0.2, -0.15) is 0 Å². The number of aliphatic hydroxyl groups is 1. The summed E-state index contributed by atoms with van der Waals surface area (Å²) in [5, 5.41) is 14.0. The van der Waals surface area contributed by atoms with E-state index < -0.39 is 0 Å². The molecule has 1 aliphatic heterocycles. The number of nitrogens with zero attached hydrogens (tertiary/aromatic N) is 1. The summed E-state index contributed by atoms with van der Waals surface area (Å²) < 4.78 is 0. The van der Waals surface area contributed by atoms with Crippen molar-refractivity contribution in [3.63, 3.8) is 0 Å². The van der Waals surface area contributed by atoms with E-state index in [-0.39, 0.29) is 18.1 Å². The Hall–Kier alpha value is -1.35. The van der Waals surface area contributed by atoms with Crippen molar-refractivity contribution >= 4 is 5.71 Å². The summed E-state index contributed by atoms with van der Waals surface area (Å²) in [7, 11) is 0. The topological polar surface area (TPSA) is 41.8 Å². The molecular formula is C12H13NO2. The number of fused-ring (bicyclic) bond motifs is 1. The first-order valence-electron chi connectivity index (χ1n) is 5.33. The van der Waals surface area contributed by atoms with E-state index in [9.17, 15) is 5.11 Å². The lowest BCUT2D eigenvalue weighted by Gasteiger charge is -2.13. The fraction of sp³-hybridized carbons (Fsp3) is 0.417. The Balaban J connectivity index is 1.95. The van der Waals surface area contributed by atoms with Crippen LogP contribution in [-0.2, 0) is 4.84 Å². The Kier molecular flexibility index (Phi) is 1.99. The first-order valence-corrected chi connectivity index (χ1v) is 5.33. The summed E-state index contributed by atoms with van der Waals surface area (Å²) in [4.78, 5) is 5.34. The molecule has 2 aliphatic rings. The van der Waals surface area contributed by atoms with E-state index in [0.717, 1.165) is 24.1 Å². The average Bonchev–Trinajstić information content (AvgIpc) is 2.84. The molecule has 15 heavy (non-hydrogen) atoms. The van der Waals surface area contributed by atoms with Gasteiger partial charge in [0.25, 0.3) is 0 Å². The fourth-order valence-electron chi connectivity index (χ4n) is 2.46. The second-order valence-electron chi connectivity index (χ2n) is 4.16. The van der Waals surface area contributed by atoms with Crippen LogP contribution in [0.15, 0.2) is 35.5 Å². The average molecular weight is 203 g/mol. The quantitative estimate of drug-likeness (QED) is 0.752. The van der Waals surface area contributed by atoms with Crippen LogP contribution in [0.25, 0.3) is 0 Å². The van der Waals surface area contributed by atoms with Crippen molar-refractivity contribution in [3.8, 4) is 0 Å². The Morgan fingerprint density at radius 2 is 2.00 bits per heavy atom. The molecule has 1 heterocycles. The lowest BCUT2D eigenvalue weighted by molar-refractivity contribution is 0.0583. The van der Waals surface area contributed by atoms with E-state index >= 15 is 0 Å². The summed E-state index contributed by atoms with van der Waals surface area (Å²) >= 11 is 0. The number of rotatable bonds is 1. The largest absolute Gasteiger partial charge is 0.392 e. The summed E-state index contributed by atoms with van der Waals surface area (Å²) in [6.45, 7) is 0. The van der Waals surface area contributed by atoms with E-state index in [0.29, 0.717) is 0 Å². The van der Waals surface area contributed by atoms with Crippen LogP contribution in [0.3, 0.4) is 0 Å². The zero-order valence-corrected chi connectivity index (χ0v) is 8.34. The molecule has 1 saturated carbocycles. The number of aliphatic hydroxyl groups excluding tert-OH is 1. The van der Waals surface area contributed by atoms with Crippen LogP contribution in [-0.4, -0.2) is 23.0 Å². The Labute approximate surface area is 88.4 Å². The minimum Gasteiger partial charge on any atom is -0.392 e. The van der Waals surface area contributed by atoms with Gasteiger partial charge >= 0.3 is 0 Å². The maximum Gasteiger partial charge on any atom is 0.138 e. The van der Waals surface area contributed by atoms with E-state index in [4.69, 9.17) is 4.84 Å². The van der Waals surface area contributed by atoms with Crippen LogP contribution in [0.5, 0.6) is 0 Å². The van der Waals surface area contributed by atoms with E-state index in [2.05, 4.69) is 5.16 Å². The molecule has 1 aromatic rings. The predicted molar refractivity (Wildman–Crippen MR) is 56.6 cm³/mol. The summed E-state index contributed by atoms with van der Waals surface area (Å²) in [6.07, 6.45) is 1.53. The van der Waals surface area contributed by atoms with Crippen molar-refractivity contribution in [2.75, 3.05) is 0 Å². The number of hydrogen-bond acceptors (Lipinski definition) is 3. The molecule has 1 N–H and O–H groups in total. The zero-order valence-electron chi connectivity index (χ0n) is 8.34. The van der Waals surface area contributed by atoms with Crippen molar-refractivity contribution in [3.05, 3.63) is 35.9 Å². The van der Waals surface area contributed by atoms with Gasteiger partial charge < -0.3 is 9.94 Å². The summed E-state index contributed by atoms with van der Waals surface area (Å²) in [5.41, 5.74) is 1.97. The van der Waals surface area contributed by atoms with E-state index in [1.54, 1.807) is 0 Å². The van der Waals surface area contributed by atoms with Gasteiger partial charge in [-0.05, 0) is 18.4 Å². The third-order valence-electron chi connectivity index (χ3n) is 3.23. The standard InChI is InChI=1S/C12H13NO2/c14-9-6-7-10-11(9)12(13-15-10)8-4-2-1-3-5-8/h1-5,9-11,14H,6-7H2/t9-,10-,11+/m0/s1. The van der Waals surface area contributed by atoms with Gasteiger partial charge in [-0.3, -0.25) is 0 Å². The van der Waals surface area contributed by atoms with Gasteiger partial charge in [-0.1, -0.05) is 35.5 Å². The van der Waals surface area contributed by atoms with Crippen LogP contribution in [0, 0.1) is 5.92 Å². The molecule has 1 aliphatic carbocycles. The van der Waals surface area contributed by atoms with Gasteiger partial charge in [0.05, 0.1) is 17.7 Å². The van der Waals surface area contributed by atoms with Crippen molar-refractivity contribution in [1.29, 1.82) is 0 Å². The Morgan fingerprint density at radius 1 is 1.20 bits per heavy atom. The van der Waals surface area contributed by atoms with Crippen LogP contribution in [0.2, 0.25) is 0 Å². The lowest BCUT2D eigenvalue weighted by Crippen LogP contribution is -2.27. The molecule has 1 fully saturated rings. The van der Waals surface area contributed by atoms with Crippen LogP contribution in [0.1, 0.15) is 18.4 Å². The molecule has 0 saturated heterocycles.